The minimum Gasteiger partial charge on any atom is -0.489 e. The summed E-state index contributed by atoms with van der Waals surface area (Å²) in [6.07, 6.45) is 1.24. The van der Waals surface area contributed by atoms with Crippen molar-refractivity contribution in [2.24, 2.45) is 0 Å². The van der Waals surface area contributed by atoms with Gasteiger partial charge in [0.2, 0.25) is 0 Å². The van der Waals surface area contributed by atoms with Crippen LogP contribution in [0.5, 0.6) is 5.75 Å². The van der Waals surface area contributed by atoms with Crippen LogP contribution in [-0.4, -0.2) is 6.10 Å². The van der Waals surface area contributed by atoms with E-state index < -0.39 is 0 Å². The van der Waals surface area contributed by atoms with Crippen LogP contribution < -0.4 is 4.74 Å². The second-order valence-corrected chi connectivity index (χ2v) is 4.98. The maximum absolute atomic E-state index is 6.19. The Morgan fingerprint density at radius 1 is 0.895 bits per heavy atom. The number of hydrogen-bond acceptors (Lipinski definition) is 1. The first-order valence-electron chi connectivity index (χ1n) is 6.86. The minimum atomic E-state index is 0.231. The summed E-state index contributed by atoms with van der Waals surface area (Å²) in [5, 5.41) is 4.86. The largest absolute Gasteiger partial charge is 0.489 e. The van der Waals surface area contributed by atoms with Crippen LogP contribution in [0.3, 0.4) is 0 Å². The van der Waals surface area contributed by atoms with E-state index in [0.717, 1.165) is 12.2 Å². The molecule has 0 radical (unpaired) electrons. The number of hydrogen-bond donors (Lipinski definition) is 0. The average Bonchev–Trinajstić information content (AvgIpc) is 2.46. The van der Waals surface area contributed by atoms with Crippen molar-refractivity contribution in [3.05, 3.63) is 54.6 Å². The van der Waals surface area contributed by atoms with Crippen molar-refractivity contribution in [2.75, 3.05) is 0 Å². The highest BCUT2D eigenvalue weighted by molar-refractivity contribution is 6.05. The molecule has 0 spiro atoms. The molecule has 0 aromatic heterocycles. The maximum Gasteiger partial charge on any atom is 0.135 e. The van der Waals surface area contributed by atoms with Crippen LogP contribution in [0.15, 0.2) is 54.6 Å². The summed E-state index contributed by atoms with van der Waals surface area (Å²) >= 11 is 0. The van der Waals surface area contributed by atoms with Gasteiger partial charge in [0.15, 0.2) is 0 Å². The third-order valence-electron chi connectivity index (χ3n) is 3.62. The molecule has 0 N–H and O–H groups in total. The zero-order valence-corrected chi connectivity index (χ0v) is 11.4. The van der Waals surface area contributed by atoms with Gasteiger partial charge in [-0.05, 0) is 30.2 Å². The van der Waals surface area contributed by atoms with Gasteiger partial charge in [0, 0.05) is 10.8 Å². The van der Waals surface area contributed by atoms with Gasteiger partial charge in [-0.3, -0.25) is 0 Å². The summed E-state index contributed by atoms with van der Waals surface area (Å²) < 4.78 is 6.19. The van der Waals surface area contributed by atoms with Gasteiger partial charge < -0.3 is 4.74 Å². The van der Waals surface area contributed by atoms with Crippen molar-refractivity contribution >= 4 is 21.5 Å². The fourth-order valence-corrected chi connectivity index (χ4v) is 2.38. The van der Waals surface area contributed by atoms with E-state index in [9.17, 15) is 0 Å². The summed E-state index contributed by atoms with van der Waals surface area (Å²) in [5.74, 6) is 1.02. The zero-order valence-electron chi connectivity index (χ0n) is 11.4. The molecule has 1 atom stereocenters. The average molecular weight is 250 g/mol. The van der Waals surface area contributed by atoms with Crippen LogP contribution >= 0.6 is 0 Å². The standard InChI is InChI=1S/C18H18O/c1-3-13(2)19-18-16-10-6-4-8-14(16)12-15-9-5-7-11-17(15)18/h4-13H,3H2,1-2H3. The molecule has 3 rings (SSSR count). The summed E-state index contributed by atoms with van der Waals surface area (Å²) in [7, 11) is 0. The van der Waals surface area contributed by atoms with Crippen LogP contribution in [0.2, 0.25) is 0 Å². The molecule has 96 valence electrons. The SMILES string of the molecule is CCC(C)Oc1c2ccccc2cc2ccccc12. The van der Waals surface area contributed by atoms with E-state index >= 15 is 0 Å². The predicted octanol–water partition coefficient (Wildman–Crippen LogP) is 5.17. The van der Waals surface area contributed by atoms with Crippen molar-refractivity contribution in [3.63, 3.8) is 0 Å². The van der Waals surface area contributed by atoms with E-state index in [1.54, 1.807) is 0 Å². The first-order valence-corrected chi connectivity index (χ1v) is 6.86. The molecule has 0 saturated carbocycles. The minimum absolute atomic E-state index is 0.231. The molecule has 19 heavy (non-hydrogen) atoms. The third-order valence-corrected chi connectivity index (χ3v) is 3.62. The topological polar surface area (TPSA) is 9.23 Å². The Bertz CT molecular complexity index is 661. The number of rotatable bonds is 3. The highest BCUT2D eigenvalue weighted by Crippen LogP contribution is 2.35. The van der Waals surface area contributed by atoms with Gasteiger partial charge in [-0.1, -0.05) is 55.5 Å². The van der Waals surface area contributed by atoms with E-state index in [0.29, 0.717) is 0 Å². The number of ether oxygens (including phenoxy) is 1. The van der Waals surface area contributed by atoms with E-state index in [-0.39, 0.29) is 6.10 Å². The molecule has 0 fully saturated rings. The van der Waals surface area contributed by atoms with Crippen molar-refractivity contribution in [1.29, 1.82) is 0 Å². The Hall–Kier alpha value is -2.02. The van der Waals surface area contributed by atoms with Gasteiger partial charge in [-0.25, -0.2) is 0 Å². The number of fused-ring (bicyclic) bond motifs is 2. The Labute approximate surface area is 113 Å². The van der Waals surface area contributed by atoms with Crippen molar-refractivity contribution in [3.8, 4) is 5.75 Å². The predicted molar refractivity (Wildman–Crippen MR) is 81.8 cm³/mol. The Kier molecular flexibility index (Phi) is 3.12. The zero-order chi connectivity index (χ0) is 13.2. The van der Waals surface area contributed by atoms with Gasteiger partial charge in [0.1, 0.15) is 5.75 Å². The molecule has 0 aliphatic rings. The van der Waals surface area contributed by atoms with E-state index in [1.807, 2.05) is 0 Å². The Morgan fingerprint density at radius 2 is 1.42 bits per heavy atom. The highest BCUT2D eigenvalue weighted by Gasteiger charge is 2.10. The molecule has 0 amide bonds. The molecule has 0 saturated heterocycles. The highest BCUT2D eigenvalue weighted by atomic mass is 16.5. The van der Waals surface area contributed by atoms with Crippen LogP contribution in [0.1, 0.15) is 20.3 Å². The lowest BCUT2D eigenvalue weighted by Crippen LogP contribution is -2.10. The van der Waals surface area contributed by atoms with Crippen molar-refractivity contribution in [2.45, 2.75) is 26.4 Å². The Morgan fingerprint density at radius 3 is 1.95 bits per heavy atom. The van der Waals surface area contributed by atoms with E-state index in [1.165, 1.54) is 21.5 Å². The maximum atomic E-state index is 6.19. The summed E-state index contributed by atoms with van der Waals surface area (Å²) in [4.78, 5) is 0. The third kappa shape index (κ3) is 2.17. The lowest BCUT2D eigenvalue weighted by Gasteiger charge is -2.17. The van der Waals surface area contributed by atoms with Crippen LogP contribution in [-0.2, 0) is 0 Å². The summed E-state index contributed by atoms with van der Waals surface area (Å²) in [6.45, 7) is 4.27. The molecule has 0 bridgehead atoms. The van der Waals surface area contributed by atoms with Gasteiger partial charge in [-0.2, -0.15) is 0 Å². The summed E-state index contributed by atoms with van der Waals surface area (Å²) in [5.41, 5.74) is 0. The van der Waals surface area contributed by atoms with Gasteiger partial charge in [0.25, 0.3) is 0 Å². The van der Waals surface area contributed by atoms with Crippen molar-refractivity contribution in [1.82, 2.24) is 0 Å². The van der Waals surface area contributed by atoms with E-state index in [4.69, 9.17) is 4.74 Å². The fourth-order valence-electron chi connectivity index (χ4n) is 2.38. The van der Waals surface area contributed by atoms with Gasteiger partial charge >= 0.3 is 0 Å². The lowest BCUT2D eigenvalue weighted by atomic mass is 10.0. The lowest BCUT2D eigenvalue weighted by molar-refractivity contribution is 0.223. The molecule has 0 aliphatic heterocycles. The molecule has 1 nitrogen and oxygen atoms in total. The second kappa shape index (κ2) is 4.93. The first kappa shape index (κ1) is 12.0. The second-order valence-electron chi connectivity index (χ2n) is 4.98. The summed E-state index contributed by atoms with van der Waals surface area (Å²) in [6, 6.07) is 19.1. The fraction of sp³-hybridized carbons (Fsp3) is 0.222. The van der Waals surface area contributed by atoms with Crippen LogP contribution in [0.4, 0.5) is 0 Å². The van der Waals surface area contributed by atoms with Crippen LogP contribution in [0, 0.1) is 0 Å². The normalized spacial score (nSPS) is 12.7. The van der Waals surface area contributed by atoms with E-state index in [2.05, 4.69) is 68.4 Å². The number of benzene rings is 3. The smallest absolute Gasteiger partial charge is 0.135 e. The molecular weight excluding hydrogens is 232 g/mol. The van der Waals surface area contributed by atoms with Gasteiger partial charge in [-0.15, -0.1) is 0 Å². The van der Waals surface area contributed by atoms with Crippen molar-refractivity contribution < 1.29 is 4.74 Å². The molecule has 0 aliphatic carbocycles. The molecule has 3 aromatic carbocycles. The quantitative estimate of drug-likeness (QED) is 0.583. The molecular formula is C18H18O. The molecule has 1 unspecified atom stereocenters. The first-order chi connectivity index (χ1) is 9.29. The molecule has 3 aromatic rings. The molecule has 0 heterocycles. The van der Waals surface area contributed by atoms with Gasteiger partial charge in [0.05, 0.1) is 6.10 Å². The molecule has 1 heteroatoms. The van der Waals surface area contributed by atoms with Crippen LogP contribution in [0.25, 0.3) is 21.5 Å². The monoisotopic (exact) mass is 250 g/mol. The Balaban J connectivity index is 2.33.